The van der Waals surface area contributed by atoms with Gasteiger partial charge in [-0.2, -0.15) is 0 Å². The second kappa shape index (κ2) is 11.0. The van der Waals surface area contributed by atoms with Gasteiger partial charge < -0.3 is 4.90 Å². The molecule has 3 heterocycles. The molecule has 2 aromatic carbocycles. The van der Waals surface area contributed by atoms with E-state index in [2.05, 4.69) is 19.4 Å². The van der Waals surface area contributed by atoms with Crippen LogP contribution in [0.25, 0.3) is 28.2 Å². The fraction of sp³-hybridized carbons (Fsp3) is 0.414. The van der Waals surface area contributed by atoms with Gasteiger partial charge in [-0.15, -0.1) is 0 Å². The number of hydrogen-bond donors (Lipinski definition) is 0. The Morgan fingerprint density at radius 1 is 0.838 bits per heavy atom. The van der Waals surface area contributed by atoms with Crippen LogP contribution in [-0.2, 0) is 0 Å². The third-order valence-corrected chi connectivity index (χ3v) is 8.46. The van der Waals surface area contributed by atoms with Crippen LogP contribution in [-0.4, -0.2) is 57.1 Å². The third kappa shape index (κ3) is 5.20. The Bertz CT molecular complexity index is 1350. The van der Waals surface area contributed by atoms with Crippen molar-refractivity contribution in [3.63, 3.8) is 0 Å². The highest BCUT2D eigenvalue weighted by Gasteiger charge is 2.25. The highest BCUT2D eigenvalue weighted by molar-refractivity contribution is 6.33. The van der Waals surface area contributed by atoms with Gasteiger partial charge in [-0.3, -0.25) is 9.47 Å². The zero-order valence-electron chi connectivity index (χ0n) is 21.0. The smallest absolute Gasteiger partial charge is 0.170 e. The molecule has 4 aromatic rings. The van der Waals surface area contributed by atoms with Crippen LogP contribution in [0.4, 0.5) is 5.82 Å². The van der Waals surface area contributed by atoms with Crippen LogP contribution in [0.15, 0.2) is 54.9 Å². The standard InChI is InChI=1S/C29H32Cl2N6/c30-22-10-12-23(13-11-22)37-27(24-8-4-5-9-25(24)31)34-26-28(32-20-33-29(26)37)36-18-16-35(17-19-36)15-14-21-6-2-1-3-7-21/h4-5,8-13,20-21H,1-3,6-7,14-19H2. The Labute approximate surface area is 228 Å². The lowest BCUT2D eigenvalue weighted by Gasteiger charge is -2.36. The van der Waals surface area contributed by atoms with Crippen molar-refractivity contribution in [3.05, 3.63) is 64.9 Å². The quantitative estimate of drug-likeness (QED) is 0.269. The first-order valence-electron chi connectivity index (χ1n) is 13.4. The van der Waals surface area contributed by atoms with E-state index in [-0.39, 0.29) is 0 Å². The van der Waals surface area contributed by atoms with Crippen molar-refractivity contribution >= 4 is 40.2 Å². The van der Waals surface area contributed by atoms with Crippen LogP contribution in [0.1, 0.15) is 38.5 Å². The molecule has 0 amide bonds. The van der Waals surface area contributed by atoms with Gasteiger partial charge in [-0.05, 0) is 55.3 Å². The van der Waals surface area contributed by atoms with Gasteiger partial charge in [-0.25, -0.2) is 15.0 Å². The molecule has 8 heteroatoms. The molecule has 2 fully saturated rings. The molecule has 37 heavy (non-hydrogen) atoms. The largest absolute Gasteiger partial charge is 0.352 e. The van der Waals surface area contributed by atoms with Gasteiger partial charge in [0.25, 0.3) is 0 Å². The minimum Gasteiger partial charge on any atom is -0.352 e. The van der Waals surface area contributed by atoms with E-state index >= 15 is 0 Å². The summed E-state index contributed by atoms with van der Waals surface area (Å²) < 4.78 is 2.05. The molecule has 2 aromatic heterocycles. The topological polar surface area (TPSA) is 50.1 Å². The van der Waals surface area contributed by atoms with Crippen LogP contribution >= 0.6 is 23.2 Å². The van der Waals surface area contributed by atoms with E-state index in [1.807, 2.05) is 48.5 Å². The van der Waals surface area contributed by atoms with Crippen LogP contribution < -0.4 is 4.90 Å². The highest BCUT2D eigenvalue weighted by Crippen LogP contribution is 2.35. The van der Waals surface area contributed by atoms with E-state index in [9.17, 15) is 0 Å². The monoisotopic (exact) mass is 534 g/mol. The van der Waals surface area contributed by atoms with Crippen molar-refractivity contribution < 1.29 is 0 Å². The Morgan fingerprint density at radius 3 is 2.35 bits per heavy atom. The van der Waals surface area contributed by atoms with Crippen molar-refractivity contribution in [2.24, 2.45) is 5.92 Å². The van der Waals surface area contributed by atoms with E-state index in [0.717, 1.165) is 66.2 Å². The number of aromatic nitrogens is 4. The zero-order chi connectivity index (χ0) is 25.2. The Morgan fingerprint density at radius 2 is 1.59 bits per heavy atom. The molecule has 0 radical (unpaired) electrons. The van der Waals surface area contributed by atoms with Crippen molar-refractivity contribution in [1.82, 2.24) is 24.4 Å². The molecule has 0 atom stereocenters. The average molecular weight is 536 g/mol. The van der Waals surface area contributed by atoms with Gasteiger partial charge in [0.2, 0.25) is 0 Å². The predicted molar refractivity (Wildman–Crippen MR) is 152 cm³/mol. The van der Waals surface area contributed by atoms with E-state index in [1.165, 1.54) is 45.1 Å². The van der Waals surface area contributed by atoms with E-state index in [0.29, 0.717) is 10.0 Å². The van der Waals surface area contributed by atoms with E-state index in [1.54, 1.807) is 6.33 Å². The molecule has 6 rings (SSSR count). The number of fused-ring (bicyclic) bond motifs is 1. The number of nitrogens with zero attached hydrogens (tertiary/aromatic N) is 6. The molecular weight excluding hydrogens is 503 g/mol. The molecule has 2 aliphatic rings. The maximum Gasteiger partial charge on any atom is 0.170 e. The lowest BCUT2D eigenvalue weighted by Crippen LogP contribution is -2.47. The van der Waals surface area contributed by atoms with Crippen molar-refractivity contribution in [2.45, 2.75) is 38.5 Å². The summed E-state index contributed by atoms with van der Waals surface area (Å²) in [7, 11) is 0. The number of rotatable bonds is 6. The first-order valence-corrected chi connectivity index (χ1v) is 14.1. The first-order chi connectivity index (χ1) is 18.2. The van der Waals surface area contributed by atoms with Gasteiger partial charge in [0, 0.05) is 42.5 Å². The minimum atomic E-state index is 0.647. The third-order valence-electron chi connectivity index (χ3n) is 7.87. The Balaban J connectivity index is 1.30. The fourth-order valence-electron chi connectivity index (χ4n) is 5.79. The van der Waals surface area contributed by atoms with Crippen molar-refractivity contribution in [2.75, 3.05) is 37.6 Å². The van der Waals surface area contributed by atoms with E-state index in [4.69, 9.17) is 33.2 Å². The SMILES string of the molecule is Clc1ccc(-n2c(-c3ccccc3Cl)nc3c(N4CCN(CCC5CCCCC5)CC4)ncnc32)cc1. The van der Waals surface area contributed by atoms with Crippen LogP contribution in [0, 0.1) is 5.92 Å². The molecule has 1 saturated heterocycles. The molecule has 0 bridgehead atoms. The summed E-state index contributed by atoms with van der Waals surface area (Å²) in [5, 5.41) is 1.33. The average Bonchev–Trinajstić information content (AvgIpc) is 3.33. The molecule has 6 nitrogen and oxygen atoms in total. The number of benzene rings is 2. The van der Waals surface area contributed by atoms with Crippen LogP contribution in [0.3, 0.4) is 0 Å². The molecule has 1 aliphatic heterocycles. The summed E-state index contributed by atoms with van der Waals surface area (Å²) in [6.45, 7) is 5.18. The zero-order valence-corrected chi connectivity index (χ0v) is 22.5. The molecule has 0 N–H and O–H groups in total. The summed E-state index contributed by atoms with van der Waals surface area (Å²) in [5.74, 6) is 2.56. The van der Waals surface area contributed by atoms with Gasteiger partial charge >= 0.3 is 0 Å². The summed E-state index contributed by atoms with van der Waals surface area (Å²) >= 11 is 12.8. The maximum absolute atomic E-state index is 6.63. The second-order valence-electron chi connectivity index (χ2n) is 10.2. The molecule has 0 unspecified atom stereocenters. The fourth-order valence-corrected chi connectivity index (χ4v) is 6.14. The summed E-state index contributed by atoms with van der Waals surface area (Å²) in [4.78, 5) is 19.5. The number of anilines is 1. The van der Waals surface area contributed by atoms with Crippen molar-refractivity contribution in [1.29, 1.82) is 0 Å². The maximum atomic E-state index is 6.63. The number of imidazole rings is 1. The predicted octanol–water partition coefficient (Wildman–Crippen LogP) is 6.88. The lowest BCUT2D eigenvalue weighted by atomic mass is 9.87. The Hall–Kier alpha value is -2.67. The number of hydrogen-bond acceptors (Lipinski definition) is 5. The first kappa shape index (κ1) is 24.7. The number of halogens is 2. The molecule has 192 valence electrons. The second-order valence-corrected chi connectivity index (χ2v) is 11.1. The van der Waals surface area contributed by atoms with Gasteiger partial charge in [0.05, 0.1) is 5.02 Å². The minimum absolute atomic E-state index is 0.647. The Kier molecular flexibility index (Phi) is 7.32. The summed E-state index contributed by atoms with van der Waals surface area (Å²) in [5.41, 5.74) is 3.35. The van der Waals surface area contributed by atoms with Crippen molar-refractivity contribution in [3.8, 4) is 17.1 Å². The lowest BCUT2D eigenvalue weighted by molar-refractivity contribution is 0.221. The normalized spacial score (nSPS) is 17.5. The highest BCUT2D eigenvalue weighted by atomic mass is 35.5. The van der Waals surface area contributed by atoms with Crippen LogP contribution in [0.2, 0.25) is 10.0 Å². The van der Waals surface area contributed by atoms with Gasteiger partial charge in [0.15, 0.2) is 17.0 Å². The number of piperazine rings is 1. The molecular formula is C29H32Cl2N6. The summed E-state index contributed by atoms with van der Waals surface area (Å²) in [6.07, 6.45) is 10.1. The van der Waals surface area contributed by atoms with Gasteiger partial charge in [-0.1, -0.05) is 67.4 Å². The molecule has 0 spiro atoms. The molecule has 1 aliphatic carbocycles. The van der Waals surface area contributed by atoms with Crippen LogP contribution in [0.5, 0.6) is 0 Å². The van der Waals surface area contributed by atoms with E-state index < -0.39 is 0 Å². The van der Waals surface area contributed by atoms with Gasteiger partial charge in [0.1, 0.15) is 12.2 Å². The molecule has 1 saturated carbocycles. The summed E-state index contributed by atoms with van der Waals surface area (Å²) in [6, 6.07) is 15.5.